The first-order valence-electron chi connectivity index (χ1n) is 6.12. The van der Waals surface area contributed by atoms with Crippen molar-refractivity contribution in [1.82, 2.24) is 5.32 Å². The SMILES string of the molecule is CC[C@H]1CCCN[C@@H]1c1ccccc1C. The number of hydrogen-bond donors (Lipinski definition) is 1. The van der Waals surface area contributed by atoms with E-state index in [0.29, 0.717) is 6.04 Å². The van der Waals surface area contributed by atoms with Gasteiger partial charge in [-0.15, -0.1) is 0 Å². The second-order valence-corrected chi connectivity index (χ2v) is 4.60. The average Bonchev–Trinajstić information content (AvgIpc) is 2.30. The van der Waals surface area contributed by atoms with Gasteiger partial charge in [-0.2, -0.15) is 0 Å². The largest absolute Gasteiger partial charge is 0.310 e. The molecule has 0 radical (unpaired) electrons. The van der Waals surface area contributed by atoms with E-state index < -0.39 is 0 Å². The Morgan fingerprint density at radius 1 is 1.33 bits per heavy atom. The summed E-state index contributed by atoms with van der Waals surface area (Å²) in [5.41, 5.74) is 2.93. The van der Waals surface area contributed by atoms with Gasteiger partial charge in [-0.1, -0.05) is 37.6 Å². The van der Waals surface area contributed by atoms with Crippen LogP contribution in [0.2, 0.25) is 0 Å². The average molecular weight is 203 g/mol. The predicted molar refractivity (Wildman–Crippen MR) is 64.9 cm³/mol. The molecule has 2 atom stereocenters. The maximum absolute atomic E-state index is 3.68. The Labute approximate surface area is 92.9 Å². The van der Waals surface area contributed by atoms with Crippen LogP contribution in [0.5, 0.6) is 0 Å². The lowest BCUT2D eigenvalue weighted by atomic mass is 9.83. The highest BCUT2D eigenvalue weighted by molar-refractivity contribution is 5.29. The lowest BCUT2D eigenvalue weighted by Crippen LogP contribution is -2.34. The smallest absolute Gasteiger partial charge is 0.0351 e. The van der Waals surface area contributed by atoms with Crippen molar-refractivity contribution in [3.8, 4) is 0 Å². The van der Waals surface area contributed by atoms with Crippen LogP contribution in [0.3, 0.4) is 0 Å². The van der Waals surface area contributed by atoms with Crippen molar-refractivity contribution < 1.29 is 0 Å². The highest BCUT2D eigenvalue weighted by atomic mass is 14.9. The van der Waals surface area contributed by atoms with E-state index in [1.165, 1.54) is 36.9 Å². The maximum atomic E-state index is 3.68. The Morgan fingerprint density at radius 2 is 2.13 bits per heavy atom. The van der Waals surface area contributed by atoms with E-state index in [1.807, 2.05) is 0 Å². The van der Waals surface area contributed by atoms with Gasteiger partial charge in [0.1, 0.15) is 0 Å². The van der Waals surface area contributed by atoms with Gasteiger partial charge in [0.25, 0.3) is 0 Å². The summed E-state index contributed by atoms with van der Waals surface area (Å²) >= 11 is 0. The van der Waals surface area contributed by atoms with Crippen molar-refractivity contribution in [2.45, 2.75) is 39.2 Å². The summed E-state index contributed by atoms with van der Waals surface area (Å²) < 4.78 is 0. The topological polar surface area (TPSA) is 12.0 Å². The van der Waals surface area contributed by atoms with Crippen LogP contribution < -0.4 is 5.32 Å². The van der Waals surface area contributed by atoms with Crippen LogP contribution in [0.25, 0.3) is 0 Å². The van der Waals surface area contributed by atoms with E-state index in [-0.39, 0.29) is 0 Å². The summed E-state index contributed by atoms with van der Waals surface area (Å²) in [5, 5.41) is 3.68. The summed E-state index contributed by atoms with van der Waals surface area (Å²) in [5.74, 6) is 0.819. The molecule has 1 aliphatic heterocycles. The first-order valence-corrected chi connectivity index (χ1v) is 6.12. The molecule has 82 valence electrons. The quantitative estimate of drug-likeness (QED) is 0.776. The van der Waals surface area contributed by atoms with E-state index in [4.69, 9.17) is 0 Å². The number of benzene rings is 1. The number of nitrogens with one attached hydrogen (secondary N) is 1. The first-order chi connectivity index (χ1) is 7.33. The Morgan fingerprint density at radius 3 is 2.87 bits per heavy atom. The molecular formula is C14H21N. The zero-order valence-electron chi connectivity index (χ0n) is 9.79. The molecule has 1 saturated heterocycles. The van der Waals surface area contributed by atoms with Crippen molar-refractivity contribution in [2.24, 2.45) is 5.92 Å². The summed E-state index contributed by atoms with van der Waals surface area (Å²) in [6, 6.07) is 9.37. The molecule has 0 unspecified atom stereocenters. The van der Waals surface area contributed by atoms with E-state index in [2.05, 4.69) is 43.4 Å². The Kier molecular flexibility index (Phi) is 3.42. The molecule has 1 fully saturated rings. The van der Waals surface area contributed by atoms with E-state index in [0.717, 1.165) is 5.92 Å². The van der Waals surface area contributed by atoms with Gasteiger partial charge in [-0.25, -0.2) is 0 Å². The molecule has 2 rings (SSSR count). The molecule has 0 aliphatic carbocycles. The minimum atomic E-state index is 0.588. The van der Waals surface area contributed by atoms with Crippen LogP contribution in [0, 0.1) is 12.8 Å². The predicted octanol–water partition coefficient (Wildman–Crippen LogP) is 3.45. The monoisotopic (exact) mass is 203 g/mol. The fraction of sp³-hybridized carbons (Fsp3) is 0.571. The van der Waals surface area contributed by atoms with Crippen LogP contribution in [0.1, 0.15) is 43.4 Å². The second-order valence-electron chi connectivity index (χ2n) is 4.60. The van der Waals surface area contributed by atoms with Gasteiger partial charge in [0, 0.05) is 6.04 Å². The zero-order valence-corrected chi connectivity index (χ0v) is 9.79. The lowest BCUT2D eigenvalue weighted by Gasteiger charge is -2.33. The molecular weight excluding hydrogens is 182 g/mol. The summed E-state index contributed by atoms with van der Waals surface area (Å²) in [4.78, 5) is 0. The molecule has 1 aliphatic rings. The second kappa shape index (κ2) is 4.80. The van der Waals surface area contributed by atoms with E-state index in [9.17, 15) is 0 Å². The third-order valence-electron chi connectivity index (χ3n) is 3.64. The molecule has 15 heavy (non-hydrogen) atoms. The number of aryl methyl sites for hydroxylation is 1. The fourth-order valence-electron chi connectivity index (χ4n) is 2.69. The highest BCUT2D eigenvalue weighted by Gasteiger charge is 2.25. The maximum Gasteiger partial charge on any atom is 0.0351 e. The molecule has 0 spiro atoms. The van der Waals surface area contributed by atoms with E-state index >= 15 is 0 Å². The molecule has 1 N–H and O–H groups in total. The number of hydrogen-bond acceptors (Lipinski definition) is 1. The lowest BCUT2D eigenvalue weighted by molar-refractivity contribution is 0.276. The molecule has 1 aromatic rings. The van der Waals surface area contributed by atoms with Gasteiger partial charge in [0.05, 0.1) is 0 Å². The first kappa shape index (κ1) is 10.7. The fourth-order valence-corrected chi connectivity index (χ4v) is 2.69. The van der Waals surface area contributed by atoms with Gasteiger partial charge in [-0.05, 0) is 43.4 Å². The minimum absolute atomic E-state index is 0.588. The third-order valence-corrected chi connectivity index (χ3v) is 3.64. The summed E-state index contributed by atoms with van der Waals surface area (Å²) in [7, 11) is 0. The Balaban J connectivity index is 2.24. The van der Waals surface area contributed by atoms with Gasteiger partial charge in [0.15, 0.2) is 0 Å². The molecule has 0 bridgehead atoms. The van der Waals surface area contributed by atoms with Gasteiger partial charge >= 0.3 is 0 Å². The van der Waals surface area contributed by atoms with E-state index in [1.54, 1.807) is 0 Å². The number of rotatable bonds is 2. The van der Waals surface area contributed by atoms with Crippen LogP contribution in [0.4, 0.5) is 0 Å². The molecule has 0 amide bonds. The molecule has 0 aromatic heterocycles. The van der Waals surface area contributed by atoms with Gasteiger partial charge in [0.2, 0.25) is 0 Å². The molecule has 1 aromatic carbocycles. The standard InChI is InChI=1S/C14H21N/c1-3-12-8-6-10-15-14(12)13-9-5-4-7-11(13)2/h4-5,7,9,12,14-15H,3,6,8,10H2,1-2H3/t12-,14-/m0/s1. The van der Waals surface area contributed by atoms with Crippen molar-refractivity contribution in [3.05, 3.63) is 35.4 Å². The molecule has 0 saturated carbocycles. The van der Waals surface area contributed by atoms with Crippen LogP contribution in [-0.4, -0.2) is 6.54 Å². The van der Waals surface area contributed by atoms with Crippen molar-refractivity contribution in [1.29, 1.82) is 0 Å². The minimum Gasteiger partial charge on any atom is -0.310 e. The van der Waals surface area contributed by atoms with Crippen LogP contribution in [-0.2, 0) is 0 Å². The van der Waals surface area contributed by atoms with Gasteiger partial charge < -0.3 is 5.32 Å². The molecule has 1 nitrogen and oxygen atoms in total. The Bertz CT molecular complexity index is 319. The van der Waals surface area contributed by atoms with Crippen LogP contribution in [0.15, 0.2) is 24.3 Å². The molecule has 1 heteroatoms. The normalized spacial score (nSPS) is 26.5. The van der Waals surface area contributed by atoms with Crippen LogP contribution >= 0.6 is 0 Å². The third kappa shape index (κ3) is 2.23. The summed E-state index contributed by atoms with van der Waals surface area (Å²) in [6.45, 7) is 5.71. The highest BCUT2D eigenvalue weighted by Crippen LogP contribution is 2.32. The van der Waals surface area contributed by atoms with Crippen molar-refractivity contribution >= 4 is 0 Å². The zero-order chi connectivity index (χ0) is 10.7. The van der Waals surface area contributed by atoms with Crippen molar-refractivity contribution in [3.63, 3.8) is 0 Å². The Hall–Kier alpha value is -0.820. The van der Waals surface area contributed by atoms with Crippen molar-refractivity contribution in [2.75, 3.05) is 6.54 Å². The molecule has 1 heterocycles. The van der Waals surface area contributed by atoms with Gasteiger partial charge in [-0.3, -0.25) is 0 Å². The number of piperidine rings is 1. The summed E-state index contributed by atoms with van der Waals surface area (Å²) in [6.07, 6.45) is 4.00.